The summed E-state index contributed by atoms with van der Waals surface area (Å²) in [5.41, 5.74) is 4.51. The molecule has 1 atom stereocenters. The first-order valence-electron chi connectivity index (χ1n) is 10.1. The van der Waals surface area contributed by atoms with E-state index in [9.17, 15) is 8.42 Å². The molecule has 1 fully saturated rings. The summed E-state index contributed by atoms with van der Waals surface area (Å²) in [6.07, 6.45) is 9.28. The van der Waals surface area contributed by atoms with Gasteiger partial charge in [-0.1, -0.05) is 6.07 Å². The van der Waals surface area contributed by atoms with Gasteiger partial charge in [-0.15, -0.1) is 0 Å². The Morgan fingerprint density at radius 3 is 2.69 bits per heavy atom. The van der Waals surface area contributed by atoms with Gasteiger partial charge in [-0.25, -0.2) is 13.4 Å². The highest BCUT2D eigenvalue weighted by Gasteiger charge is 2.35. The van der Waals surface area contributed by atoms with Crippen molar-refractivity contribution >= 4 is 10.0 Å². The molecule has 0 radical (unpaired) electrons. The van der Waals surface area contributed by atoms with Crippen molar-refractivity contribution in [2.75, 3.05) is 13.1 Å². The number of fused-ring (bicyclic) bond motifs is 1. The summed E-state index contributed by atoms with van der Waals surface area (Å²) in [4.78, 5) is 9.09. The molecule has 0 saturated carbocycles. The predicted octanol–water partition coefficient (Wildman–Crippen LogP) is 3.38. The molecular weight excluding hydrogens is 384 g/mol. The average Bonchev–Trinajstić information content (AvgIpc) is 3.47. The second kappa shape index (κ2) is 7.07. The molecule has 0 N–H and O–H groups in total. The van der Waals surface area contributed by atoms with Gasteiger partial charge in [0.1, 0.15) is 5.82 Å². The summed E-state index contributed by atoms with van der Waals surface area (Å²) in [7, 11) is -3.49. The lowest BCUT2D eigenvalue weighted by Gasteiger charge is -2.20. The molecule has 0 amide bonds. The van der Waals surface area contributed by atoms with Crippen molar-refractivity contribution in [3.8, 4) is 11.4 Å². The van der Waals surface area contributed by atoms with Crippen LogP contribution in [-0.2, 0) is 22.9 Å². The standard InChI is InChI=1S/C22H24N4O2S/c1-16-14-24-22(18-7-10-23-11-8-18)26(16)20-9-12-25(15-20)29(27,28)21-6-5-17-3-2-4-19(17)13-21/h5-8,10-11,13-14,20H,2-4,9,12,15H2,1H3. The van der Waals surface area contributed by atoms with Gasteiger partial charge in [0.25, 0.3) is 0 Å². The Bertz CT molecular complexity index is 1150. The van der Waals surface area contributed by atoms with Gasteiger partial charge < -0.3 is 4.57 Å². The zero-order valence-electron chi connectivity index (χ0n) is 16.5. The van der Waals surface area contributed by atoms with E-state index >= 15 is 0 Å². The Balaban J connectivity index is 1.43. The lowest BCUT2D eigenvalue weighted by molar-refractivity contribution is 0.450. The third-order valence-electron chi connectivity index (χ3n) is 6.12. The van der Waals surface area contributed by atoms with Crippen LogP contribution in [0.25, 0.3) is 11.4 Å². The van der Waals surface area contributed by atoms with E-state index in [1.54, 1.807) is 22.8 Å². The smallest absolute Gasteiger partial charge is 0.243 e. The maximum atomic E-state index is 13.3. The molecule has 1 saturated heterocycles. The summed E-state index contributed by atoms with van der Waals surface area (Å²) in [6.45, 7) is 3.02. The predicted molar refractivity (Wildman–Crippen MR) is 111 cm³/mol. The third-order valence-corrected chi connectivity index (χ3v) is 7.98. The first-order chi connectivity index (χ1) is 14.0. The third kappa shape index (κ3) is 3.18. The van der Waals surface area contributed by atoms with Crippen molar-refractivity contribution in [3.63, 3.8) is 0 Å². The summed E-state index contributed by atoms with van der Waals surface area (Å²) >= 11 is 0. The molecule has 1 unspecified atom stereocenters. The molecule has 3 aromatic rings. The molecule has 3 heterocycles. The van der Waals surface area contributed by atoms with Crippen LogP contribution in [0.3, 0.4) is 0 Å². The molecule has 1 aliphatic carbocycles. The van der Waals surface area contributed by atoms with Gasteiger partial charge >= 0.3 is 0 Å². The fourth-order valence-corrected chi connectivity index (χ4v) is 6.16. The summed E-state index contributed by atoms with van der Waals surface area (Å²) < 4.78 is 30.4. The average molecular weight is 409 g/mol. The van der Waals surface area contributed by atoms with E-state index in [0.29, 0.717) is 18.0 Å². The highest BCUT2D eigenvalue weighted by atomic mass is 32.2. The van der Waals surface area contributed by atoms with Crippen molar-refractivity contribution in [2.24, 2.45) is 0 Å². The van der Waals surface area contributed by atoms with Gasteiger partial charge in [-0.3, -0.25) is 4.98 Å². The zero-order chi connectivity index (χ0) is 20.0. The number of hydrogen-bond donors (Lipinski definition) is 0. The van der Waals surface area contributed by atoms with Crippen molar-refractivity contribution in [2.45, 2.75) is 43.5 Å². The van der Waals surface area contributed by atoms with Gasteiger partial charge in [-0.2, -0.15) is 4.31 Å². The van der Waals surface area contributed by atoms with Gasteiger partial charge in [0.2, 0.25) is 10.0 Å². The van der Waals surface area contributed by atoms with Crippen LogP contribution in [0.4, 0.5) is 0 Å². The van der Waals surface area contributed by atoms with Crippen LogP contribution in [0.15, 0.2) is 53.8 Å². The number of nitrogens with zero attached hydrogens (tertiary/aromatic N) is 4. The second-order valence-corrected chi connectivity index (χ2v) is 9.86. The number of pyridine rings is 1. The van der Waals surface area contributed by atoms with Crippen LogP contribution in [0, 0.1) is 6.92 Å². The van der Waals surface area contributed by atoms with E-state index in [0.717, 1.165) is 42.8 Å². The van der Waals surface area contributed by atoms with Crippen LogP contribution >= 0.6 is 0 Å². The lowest BCUT2D eigenvalue weighted by atomic mass is 10.1. The maximum absolute atomic E-state index is 13.3. The second-order valence-electron chi connectivity index (χ2n) is 7.92. The fourth-order valence-electron chi connectivity index (χ4n) is 4.62. The van der Waals surface area contributed by atoms with Crippen molar-refractivity contribution < 1.29 is 8.42 Å². The molecule has 29 heavy (non-hydrogen) atoms. The molecule has 2 aliphatic rings. The molecule has 0 bridgehead atoms. The van der Waals surface area contributed by atoms with Crippen LogP contribution in [0.5, 0.6) is 0 Å². The molecule has 0 spiro atoms. The maximum Gasteiger partial charge on any atom is 0.243 e. The van der Waals surface area contributed by atoms with Crippen molar-refractivity contribution in [1.29, 1.82) is 0 Å². The Morgan fingerprint density at radius 2 is 1.86 bits per heavy atom. The molecule has 5 rings (SSSR count). The fraction of sp³-hybridized carbons (Fsp3) is 0.364. The highest BCUT2D eigenvalue weighted by molar-refractivity contribution is 7.89. The Kier molecular flexibility index (Phi) is 4.52. The minimum atomic E-state index is -3.49. The van der Waals surface area contributed by atoms with Gasteiger partial charge in [0.05, 0.1) is 10.9 Å². The minimum absolute atomic E-state index is 0.0740. The topological polar surface area (TPSA) is 68.1 Å². The number of rotatable bonds is 4. The molecule has 150 valence electrons. The van der Waals surface area contributed by atoms with Crippen molar-refractivity contribution in [1.82, 2.24) is 18.8 Å². The Labute approximate surface area is 171 Å². The van der Waals surface area contributed by atoms with E-state index in [1.807, 2.05) is 37.4 Å². The number of imidazole rings is 1. The monoisotopic (exact) mass is 408 g/mol. The van der Waals surface area contributed by atoms with Gasteiger partial charge in [0, 0.05) is 42.9 Å². The molecule has 6 nitrogen and oxygen atoms in total. The molecule has 1 aliphatic heterocycles. The van der Waals surface area contributed by atoms with E-state index < -0.39 is 10.0 Å². The summed E-state index contributed by atoms with van der Waals surface area (Å²) in [5.74, 6) is 0.867. The van der Waals surface area contributed by atoms with Crippen molar-refractivity contribution in [3.05, 3.63) is 65.7 Å². The lowest BCUT2D eigenvalue weighted by Crippen LogP contribution is -2.29. The Morgan fingerprint density at radius 1 is 1.07 bits per heavy atom. The van der Waals surface area contributed by atoms with Gasteiger partial charge in [-0.05, 0) is 68.0 Å². The highest BCUT2D eigenvalue weighted by Crippen LogP contribution is 2.33. The molecule has 1 aromatic carbocycles. The van der Waals surface area contributed by atoms with Crippen LogP contribution in [-0.4, -0.2) is 40.3 Å². The largest absolute Gasteiger partial charge is 0.324 e. The van der Waals surface area contributed by atoms with E-state index in [1.165, 1.54) is 11.1 Å². The Hall–Kier alpha value is -2.51. The van der Waals surface area contributed by atoms with Gasteiger partial charge in [0.15, 0.2) is 0 Å². The summed E-state index contributed by atoms with van der Waals surface area (Å²) in [5, 5.41) is 0. The number of aromatic nitrogens is 3. The number of benzene rings is 1. The van der Waals surface area contributed by atoms with E-state index in [-0.39, 0.29) is 6.04 Å². The first kappa shape index (κ1) is 18.5. The minimum Gasteiger partial charge on any atom is -0.324 e. The zero-order valence-corrected chi connectivity index (χ0v) is 17.3. The van der Waals surface area contributed by atoms with Crippen LogP contribution < -0.4 is 0 Å². The van der Waals surface area contributed by atoms with E-state index in [4.69, 9.17) is 0 Å². The quantitative estimate of drug-likeness (QED) is 0.664. The number of sulfonamides is 1. The normalized spacial score (nSPS) is 19.6. The molecular formula is C22H24N4O2S. The van der Waals surface area contributed by atoms with Crippen LogP contribution in [0.2, 0.25) is 0 Å². The molecule has 2 aromatic heterocycles. The first-order valence-corrected chi connectivity index (χ1v) is 11.5. The molecule has 7 heteroatoms. The summed E-state index contributed by atoms with van der Waals surface area (Å²) in [6, 6.07) is 9.60. The SMILES string of the molecule is Cc1cnc(-c2ccncc2)n1C1CCN(S(=O)(=O)c2ccc3c(c2)CCC3)C1. The number of aryl methyl sites for hydroxylation is 3. The van der Waals surface area contributed by atoms with Crippen LogP contribution in [0.1, 0.15) is 35.7 Å². The van der Waals surface area contributed by atoms with E-state index in [2.05, 4.69) is 14.5 Å². The number of hydrogen-bond acceptors (Lipinski definition) is 4.